The topological polar surface area (TPSA) is 67.4 Å². The van der Waals surface area contributed by atoms with E-state index in [1.807, 2.05) is 0 Å². The first-order chi connectivity index (χ1) is 13.5. The first-order valence-electron chi connectivity index (χ1n) is 8.35. The van der Waals surface area contributed by atoms with E-state index < -0.39 is 0 Å². The van der Waals surface area contributed by atoms with Gasteiger partial charge in [0.15, 0.2) is 6.61 Å². The molecular formula is C21H16Cl2N2O3. The van der Waals surface area contributed by atoms with Crippen molar-refractivity contribution in [1.82, 2.24) is 0 Å². The van der Waals surface area contributed by atoms with Crippen molar-refractivity contribution in [3.05, 3.63) is 88.4 Å². The average molecular weight is 415 g/mol. The van der Waals surface area contributed by atoms with Crippen LogP contribution in [0.4, 0.5) is 11.4 Å². The van der Waals surface area contributed by atoms with Crippen LogP contribution in [0.2, 0.25) is 10.0 Å². The Kier molecular flexibility index (Phi) is 6.53. The van der Waals surface area contributed by atoms with Gasteiger partial charge in [0, 0.05) is 16.3 Å². The van der Waals surface area contributed by atoms with Crippen molar-refractivity contribution in [3.8, 4) is 5.75 Å². The lowest BCUT2D eigenvalue weighted by molar-refractivity contribution is -0.118. The average Bonchev–Trinajstić information content (AvgIpc) is 2.70. The van der Waals surface area contributed by atoms with Gasteiger partial charge in [-0.2, -0.15) is 0 Å². The molecule has 2 N–H and O–H groups in total. The fraction of sp³-hybridized carbons (Fsp3) is 0.0476. The summed E-state index contributed by atoms with van der Waals surface area (Å²) in [5.74, 6) is -0.122. The van der Waals surface area contributed by atoms with Gasteiger partial charge in [-0.05, 0) is 60.7 Å². The van der Waals surface area contributed by atoms with Crippen LogP contribution in [0.25, 0.3) is 0 Å². The van der Waals surface area contributed by atoms with Crippen molar-refractivity contribution in [2.75, 3.05) is 17.2 Å². The molecule has 5 nitrogen and oxygen atoms in total. The minimum absolute atomic E-state index is 0.159. The predicted octanol–water partition coefficient (Wildman–Crippen LogP) is 5.26. The standard InChI is InChI=1S/C21H16Cl2N2O3/c22-15-7-9-16(10-8-15)24-20(26)13-28-17-11-5-14(6-12-17)21(27)25-19-4-2-1-3-18(19)23/h1-12H,13H2,(H,24,26)(H,25,27). The molecule has 0 bridgehead atoms. The zero-order chi connectivity index (χ0) is 19.9. The van der Waals surface area contributed by atoms with Crippen LogP contribution < -0.4 is 15.4 Å². The van der Waals surface area contributed by atoms with E-state index in [-0.39, 0.29) is 18.4 Å². The van der Waals surface area contributed by atoms with Crippen LogP contribution in [0.15, 0.2) is 72.8 Å². The minimum Gasteiger partial charge on any atom is -0.484 e. The highest BCUT2D eigenvalue weighted by Crippen LogP contribution is 2.21. The van der Waals surface area contributed by atoms with E-state index in [1.165, 1.54) is 0 Å². The summed E-state index contributed by atoms with van der Waals surface area (Å²) >= 11 is 11.8. The minimum atomic E-state index is -0.303. The number of benzene rings is 3. The number of nitrogens with one attached hydrogen (secondary N) is 2. The summed E-state index contributed by atoms with van der Waals surface area (Å²) < 4.78 is 5.44. The maximum atomic E-state index is 12.3. The lowest BCUT2D eigenvalue weighted by atomic mass is 10.2. The maximum absolute atomic E-state index is 12.3. The van der Waals surface area contributed by atoms with Gasteiger partial charge < -0.3 is 15.4 Å². The molecule has 0 unspecified atom stereocenters. The zero-order valence-electron chi connectivity index (χ0n) is 14.6. The van der Waals surface area contributed by atoms with E-state index in [4.69, 9.17) is 27.9 Å². The fourth-order valence-electron chi connectivity index (χ4n) is 2.34. The molecule has 0 aliphatic carbocycles. The van der Waals surface area contributed by atoms with Crippen molar-refractivity contribution in [3.63, 3.8) is 0 Å². The van der Waals surface area contributed by atoms with Gasteiger partial charge in [0.25, 0.3) is 11.8 Å². The van der Waals surface area contributed by atoms with Crippen LogP contribution >= 0.6 is 23.2 Å². The van der Waals surface area contributed by atoms with Crippen LogP contribution in [0.3, 0.4) is 0 Å². The molecule has 0 spiro atoms. The molecule has 0 heterocycles. The number of halogens is 2. The quantitative estimate of drug-likeness (QED) is 0.577. The van der Waals surface area contributed by atoms with Gasteiger partial charge in [0.05, 0.1) is 10.7 Å². The highest BCUT2D eigenvalue weighted by Gasteiger charge is 2.09. The Balaban J connectivity index is 1.52. The van der Waals surface area contributed by atoms with Crippen molar-refractivity contribution in [2.24, 2.45) is 0 Å². The maximum Gasteiger partial charge on any atom is 0.262 e. The fourth-order valence-corrected chi connectivity index (χ4v) is 2.65. The van der Waals surface area contributed by atoms with E-state index in [0.29, 0.717) is 32.7 Å². The summed E-state index contributed by atoms with van der Waals surface area (Å²) in [4.78, 5) is 24.2. The first kappa shape index (κ1) is 19.7. The second kappa shape index (κ2) is 9.26. The monoisotopic (exact) mass is 414 g/mol. The number of hydrogen-bond donors (Lipinski definition) is 2. The van der Waals surface area contributed by atoms with Crippen LogP contribution in [0.5, 0.6) is 5.75 Å². The molecule has 0 aliphatic heterocycles. The molecule has 0 aliphatic rings. The Morgan fingerprint density at radius 1 is 0.821 bits per heavy atom. The van der Waals surface area contributed by atoms with Crippen LogP contribution in [-0.2, 0) is 4.79 Å². The third-order valence-electron chi connectivity index (χ3n) is 3.74. The molecule has 2 amide bonds. The molecule has 0 atom stereocenters. The molecule has 0 radical (unpaired) electrons. The molecule has 0 saturated heterocycles. The van der Waals surface area contributed by atoms with Gasteiger partial charge in [-0.25, -0.2) is 0 Å². The summed E-state index contributed by atoms with van der Waals surface area (Å²) in [5.41, 5.74) is 1.61. The van der Waals surface area contributed by atoms with Gasteiger partial charge in [-0.1, -0.05) is 35.3 Å². The van der Waals surface area contributed by atoms with E-state index in [9.17, 15) is 9.59 Å². The Labute approximate surface area is 172 Å². The van der Waals surface area contributed by atoms with E-state index in [0.717, 1.165) is 0 Å². The summed E-state index contributed by atoms with van der Waals surface area (Å²) in [5, 5.41) is 6.50. The Morgan fingerprint density at radius 2 is 1.50 bits per heavy atom. The molecule has 0 saturated carbocycles. The van der Waals surface area contributed by atoms with Crippen LogP contribution in [-0.4, -0.2) is 18.4 Å². The second-order valence-electron chi connectivity index (χ2n) is 5.80. The van der Waals surface area contributed by atoms with E-state index in [2.05, 4.69) is 10.6 Å². The number of ether oxygens (including phenoxy) is 1. The molecule has 28 heavy (non-hydrogen) atoms. The highest BCUT2D eigenvalue weighted by molar-refractivity contribution is 6.33. The highest BCUT2D eigenvalue weighted by atomic mass is 35.5. The number of para-hydroxylation sites is 1. The Hall–Kier alpha value is -3.02. The Bertz CT molecular complexity index is 974. The summed E-state index contributed by atoms with van der Waals surface area (Å²) in [6.07, 6.45) is 0. The normalized spacial score (nSPS) is 10.2. The molecule has 3 rings (SSSR count). The van der Waals surface area contributed by atoms with Crippen molar-refractivity contribution >= 4 is 46.4 Å². The molecule has 0 fully saturated rings. The van der Waals surface area contributed by atoms with E-state index >= 15 is 0 Å². The van der Waals surface area contributed by atoms with Crippen LogP contribution in [0.1, 0.15) is 10.4 Å². The van der Waals surface area contributed by atoms with Crippen molar-refractivity contribution in [1.29, 1.82) is 0 Å². The Morgan fingerprint density at radius 3 is 2.18 bits per heavy atom. The number of hydrogen-bond acceptors (Lipinski definition) is 3. The molecule has 3 aromatic carbocycles. The van der Waals surface area contributed by atoms with Gasteiger partial charge in [0.1, 0.15) is 5.75 Å². The van der Waals surface area contributed by atoms with Gasteiger partial charge in [0.2, 0.25) is 0 Å². The molecule has 7 heteroatoms. The number of amides is 2. The largest absolute Gasteiger partial charge is 0.484 e. The second-order valence-corrected chi connectivity index (χ2v) is 6.65. The summed E-state index contributed by atoms with van der Waals surface area (Å²) in [6, 6.07) is 20.2. The van der Waals surface area contributed by atoms with Crippen LogP contribution in [0, 0.1) is 0 Å². The van der Waals surface area contributed by atoms with Gasteiger partial charge in [-0.3, -0.25) is 9.59 Å². The number of carbonyl (C=O) groups excluding carboxylic acids is 2. The lowest BCUT2D eigenvalue weighted by Crippen LogP contribution is -2.20. The third-order valence-corrected chi connectivity index (χ3v) is 4.32. The predicted molar refractivity (Wildman–Crippen MR) is 111 cm³/mol. The SMILES string of the molecule is O=C(COc1ccc(C(=O)Nc2ccccc2Cl)cc1)Nc1ccc(Cl)cc1. The van der Waals surface area contributed by atoms with Gasteiger partial charge in [-0.15, -0.1) is 0 Å². The lowest BCUT2D eigenvalue weighted by Gasteiger charge is -2.09. The molecule has 142 valence electrons. The first-order valence-corrected chi connectivity index (χ1v) is 9.11. The summed E-state index contributed by atoms with van der Waals surface area (Å²) in [7, 11) is 0. The smallest absolute Gasteiger partial charge is 0.262 e. The van der Waals surface area contributed by atoms with Crippen molar-refractivity contribution in [2.45, 2.75) is 0 Å². The zero-order valence-corrected chi connectivity index (χ0v) is 16.1. The third kappa shape index (κ3) is 5.49. The molecular weight excluding hydrogens is 399 g/mol. The number of rotatable bonds is 6. The van der Waals surface area contributed by atoms with Gasteiger partial charge >= 0.3 is 0 Å². The molecule has 0 aromatic heterocycles. The number of carbonyl (C=O) groups is 2. The number of anilines is 2. The van der Waals surface area contributed by atoms with Crippen molar-refractivity contribution < 1.29 is 14.3 Å². The molecule has 3 aromatic rings. The summed E-state index contributed by atoms with van der Waals surface area (Å²) in [6.45, 7) is -0.159. The van der Waals surface area contributed by atoms with E-state index in [1.54, 1.807) is 72.8 Å².